The Bertz CT molecular complexity index is 643. The topological polar surface area (TPSA) is 30.5 Å². The third kappa shape index (κ3) is 3.08. The summed E-state index contributed by atoms with van der Waals surface area (Å²) in [7, 11) is 0. The Kier molecular flexibility index (Phi) is 4.20. The molecule has 0 atom stereocenters. The van der Waals surface area contributed by atoms with Gasteiger partial charge in [0.1, 0.15) is 0 Å². The number of ether oxygens (including phenoxy) is 2. The zero-order valence-corrected chi connectivity index (χ0v) is 12.7. The molecule has 3 nitrogen and oxygen atoms in total. The van der Waals surface area contributed by atoms with Crippen LogP contribution in [-0.2, 0) is 6.54 Å². The van der Waals surface area contributed by atoms with Crippen LogP contribution in [0.2, 0.25) is 5.02 Å². The highest BCUT2D eigenvalue weighted by atomic mass is 35.5. The second-order valence-electron chi connectivity index (χ2n) is 5.06. The van der Waals surface area contributed by atoms with Gasteiger partial charge in [0.05, 0.1) is 13.2 Å². The lowest BCUT2D eigenvalue weighted by atomic mass is 10.1. The number of hydrogen-bond donors (Lipinski definition) is 1. The van der Waals surface area contributed by atoms with Gasteiger partial charge in [0.25, 0.3) is 0 Å². The summed E-state index contributed by atoms with van der Waals surface area (Å²) in [5, 5.41) is 4.19. The molecule has 0 saturated carbocycles. The van der Waals surface area contributed by atoms with Crippen LogP contribution in [0.25, 0.3) is 0 Å². The summed E-state index contributed by atoms with van der Waals surface area (Å²) in [6.45, 7) is 4.08. The van der Waals surface area contributed by atoms with Gasteiger partial charge in [0.2, 0.25) is 0 Å². The number of para-hydroxylation sites is 1. The van der Waals surface area contributed by atoms with Gasteiger partial charge in [-0.25, -0.2) is 0 Å². The summed E-state index contributed by atoms with van der Waals surface area (Å²) in [4.78, 5) is 0. The maximum absolute atomic E-state index is 6.15. The lowest BCUT2D eigenvalue weighted by molar-refractivity contribution is 0.296. The molecule has 0 bridgehead atoms. The standard InChI is InChI=1S/C17H18ClNO2/c1-12-14(18)6-3-7-15(12)19-11-13-5-2-8-16-17(13)21-10-4-9-20-16/h2-3,5-8,19H,4,9-11H2,1H3. The number of anilines is 1. The van der Waals surface area contributed by atoms with Crippen LogP contribution in [0, 0.1) is 6.92 Å². The summed E-state index contributed by atoms with van der Waals surface area (Å²) in [5.41, 5.74) is 3.18. The van der Waals surface area contributed by atoms with Gasteiger partial charge >= 0.3 is 0 Å². The fourth-order valence-electron chi connectivity index (χ4n) is 2.38. The Labute approximate surface area is 129 Å². The Balaban J connectivity index is 1.81. The van der Waals surface area contributed by atoms with E-state index in [1.54, 1.807) is 0 Å². The van der Waals surface area contributed by atoms with Crippen molar-refractivity contribution in [1.29, 1.82) is 0 Å². The molecule has 0 fully saturated rings. The third-order valence-corrected chi connectivity index (χ3v) is 4.00. The van der Waals surface area contributed by atoms with Gasteiger partial charge in [-0.2, -0.15) is 0 Å². The zero-order chi connectivity index (χ0) is 14.7. The van der Waals surface area contributed by atoms with Crippen LogP contribution >= 0.6 is 11.6 Å². The molecule has 0 aliphatic carbocycles. The molecule has 1 aliphatic heterocycles. The smallest absolute Gasteiger partial charge is 0.166 e. The molecule has 0 amide bonds. The summed E-state index contributed by atoms with van der Waals surface area (Å²) in [6, 6.07) is 11.9. The fraction of sp³-hybridized carbons (Fsp3) is 0.294. The predicted molar refractivity (Wildman–Crippen MR) is 85.6 cm³/mol. The summed E-state index contributed by atoms with van der Waals surface area (Å²) in [6.07, 6.45) is 0.912. The highest BCUT2D eigenvalue weighted by Gasteiger charge is 2.14. The van der Waals surface area contributed by atoms with Gasteiger partial charge in [-0.05, 0) is 30.7 Å². The molecule has 0 spiro atoms. The van der Waals surface area contributed by atoms with E-state index in [0.29, 0.717) is 19.8 Å². The van der Waals surface area contributed by atoms with Gasteiger partial charge in [-0.15, -0.1) is 0 Å². The molecule has 4 heteroatoms. The first-order valence-corrected chi connectivity index (χ1v) is 7.50. The van der Waals surface area contributed by atoms with E-state index in [9.17, 15) is 0 Å². The first kappa shape index (κ1) is 14.1. The Morgan fingerprint density at radius 2 is 1.90 bits per heavy atom. The van der Waals surface area contributed by atoms with Crippen molar-refractivity contribution in [3.63, 3.8) is 0 Å². The van der Waals surface area contributed by atoms with Gasteiger partial charge in [-0.3, -0.25) is 0 Å². The van der Waals surface area contributed by atoms with E-state index in [1.165, 1.54) is 0 Å². The lowest BCUT2D eigenvalue weighted by Gasteiger charge is -2.15. The minimum Gasteiger partial charge on any atom is -0.490 e. The van der Waals surface area contributed by atoms with Crippen LogP contribution in [0.4, 0.5) is 5.69 Å². The molecule has 110 valence electrons. The average Bonchev–Trinajstić information content (AvgIpc) is 2.74. The number of hydrogen-bond acceptors (Lipinski definition) is 3. The highest BCUT2D eigenvalue weighted by Crippen LogP contribution is 2.34. The maximum Gasteiger partial charge on any atom is 0.166 e. The molecular formula is C17H18ClNO2. The van der Waals surface area contributed by atoms with Crippen LogP contribution in [-0.4, -0.2) is 13.2 Å². The van der Waals surface area contributed by atoms with E-state index in [0.717, 1.165) is 39.8 Å². The Morgan fingerprint density at radius 3 is 2.81 bits per heavy atom. The summed E-state index contributed by atoms with van der Waals surface area (Å²) < 4.78 is 11.5. The summed E-state index contributed by atoms with van der Waals surface area (Å²) in [5.74, 6) is 1.68. The second kappa shape index (κ2) is 6.27. The van der Waals surface area contributed by atoms with Crippen molar-refractivity contribution in [2.45, 2.75) is 19.9 Å². The average molecular weight is 304 g/mol. The number of benzene rings is 2. The van der Waals surface area contributed by atoms with Crippen molar-refractivity contribution in [3.8, 4) is 11.5 Å². The molecular weight excluding hydrogens is 286 g/mol. The SMILES string of the molecule is Cc1c(Cl)cccc1NCc1cccc2c1OCCCO2. The molecule has 1 heterocycles. The molecule has 1 N–H and O–H groups in total. The van der Waals surface area contributed by atoms with Crippen LogP contribution < -0.4 is 14.8 Å². The van der Waals surface area contributed by atoms with Crippen molar-refractivity contribution < 1.29 is 9.47 Å². The molecule has 21 heavy (non-hydrogen) atoms. The molecule has 2 aromatic rings. The predicted octanol–water partition coefficient (Wildman–Crippen LogP) is 4.42. The maximum atomic E-state index is 6.15. The summed E-state index contributed by atoms with van der Waals surface area (Å²) >= 11 is 6.15. The molecule has 1 aliphatic rings. The van der Waals surface area contributed by atoms with Crippen molar-refractivity contribution in [3.05, 3.63) is 52.5 Å². The lowest BCUT2D eigenvalue weighted by Crippen LogP contribution is -2.04. The molecule has 0 aromatic heterocycles. The van der Waals surface area contributed by atoms with Crippen molar-refractivity contribution >= 4 is 17.3 Å². The largest absolute Gasteiger partial charge is 0.490 e. The van der Waals surface area contributed by atoms with Crippen molar-refractivity contribution in [2.75, 3.05) is 18.5 Å². The van der Waals surface area contributed by atoms with Gasteiger partial charge in [0.15, 0.2) is 11.5 Å². The number of rotatable bonds is 3. The van der Waals surface area contributed by atoms with Crippen LogP contribution in [0.5, 0.6) is 11.5 Å². The fourth-order valence-corrected chi connectivity index (χ4v) is 2.56. The number of nitrogens with one attached hydrogen (secondary N) is 1. The van der Waals surface area contributed by atoms with E-state index >= 15 is 0 Å². The van der Waals surface area contributed by atoms with Crippen molar-refractivity contribution in [2.24, 2.45) is 0 Å². The van der Waals surface area contributed by atoms with Gasteiger partial charge < -0.3 is 14.8 Å². The number of halogens is 1. The normalized spacial score (nSPS) is 13.6. The highest BCUT2D eigenvalue weighted by molar-refractivity contribution is 6.31. The van der Waals surface area contributed by atoms with Crippen molar-refractivity contribution in [1.82, 2.24) is 0 Å². The minimum atomic E-state index is 0.674. The zero-order valence-electron chi connectivity index (χ0n) is 12.0. The first-order chi connectivity index (χ1) is 10.3. The third-order valence-electron chi connectivity index (χ3n) is 3.59. The molecule has 2 aromatic carbocycles. The van der Waals surface area contributed by atoms with Crippen LogP contribution in [0.1, 0.15) is 17.5 Å². The van der Waals surface area contributed by atoms with Crippen LogP contribution in [0.15, 0.2) is 36.4 Å². The quantitative estimate of drug-likeness (QED) is 0.910. The molecule has 0 unspecified atom stereocenters. The van der Waals surface area contributed by atoms with E-state index in [-0.39, 0.29) is 0 Å². The Hall–Kier alpha value is -1.87. The second-order valence-corrected chi connectivity index (χ2v) is 5.47. The molecule has 0 saturated heterocycles. The molecule has 3 rings (SSSR count). The Morgan fingerprint density at radius 1 is 1.10 bits per heavy atom. The van der Waals surface area contributed by atoms with E-state index in [1.807, 2.05) is 37.3 Å². The van der Waals surface area contributed by atoms with Crippen LogP contribution in [0.3, 0.4) is 0 Å². The minimum absolute atomic E-state index is 0.674. The van der Waals surface area contributed by atoms with E-state index in [4.69, 9.17) is 21.1 Å². The van der Waals surface area contributed by atoms with E-state index in [2.05, 4.69) is 11.4 Å². The van der Waals surface area contributed by atoms with Gasteiger partial charge in [0, 0.05) is 29.2 Å². The van der Waals surface area contributed by atoms with E-state index < -0.39 is 0 Å². The first-order valence-electron chi connectivity index (χ1n) is 7.12. The molecule has 0 radical (unpaired) electrons. The number of fused-ring (bicyclic) bond motifs is 1. The van der Waals surface area contributed by atoms with Gasteiger partial charge in [-0.1, -0.05) is 29.8 Å². The monoisotopic (exact) mass is 303 g/mol.